The molecule has 0 radical (unpaired) electrons. The van der Waals surface area contributed by atoms with Crippen LogP contribution in [0.15, 0.2) is 77.7 Å². The number of carbonyl (C=O) groups is 3. The molecule has 238 valence electrons. The molecule has 5 rings (SSSR count). The van der Waals surface area contributed by atoms with E-state index in [1.165, 1.54) is 52.3 Å². The second-order valence-corrected chi connectivity index (χ2v) is 13.8. The SMILES string of the molecule is CC(C)N1CC2N(C(=O)C(NC(=O)OCc3ccccc3)CN2S(=O)(=O)c2ccc(Cl)cc2Cl)C(Cc2ccc(F)cc2)C1=O. The van der Waals surface area contributed by atoms with Gasteiger partial charge in [-0.3, -0.25) is 9.59 Å². The number of hydrogen-bond donors (Lipinski definition) is 1. The van der Waals surface area contributed by atoms with Gasteiger partial charge in [-0.15, -0.1) is 0 Å². The molecule has 3 aromatic rings. The lowest BCUT2D eigenvalue weighted by Gasteiger charge is -2.54. The van der Waals surface area contributed by atoms with Crippen molar-refractivity contribution >= 4 is 51.1 Å². The Hall–Kier alpha value is -3.71. The van der Waals surface area contributed by atoms with Crippen molar-refractivity contribution in [3.63, 3.8) is 0 Å². The molecule has 0 spiro atoms. The summed E-state index contributed by atoms with van der Waals surface area (Å²) >= 11 is 12.4. The van der Waals surface area contributed by atoms with Gasteiger partial charge in [-0.05, 0) is 55.3 Å². The number of nitrogens with zero attached hydrogens (tertiary/aromatic N) is 3. The van der Waals surface area contributed by atoms with Crippen molar-refractivity contribution in [2.75, 3.05) is 13.1 Å². The number of rotatable bonds is 8. The maximum absolute atomic E-state index is 14.3. The van der Waals surface area contributed by atoms with E-state index in [0.717, 1.165) is 4.31 Å². The molecular weight excluding hydrogens is 646 g/mol. The third kappa shape index (κ3) is 6.94. The zero-order valence-corrected chi connectivity index (χ0v) is 26.7. The van der Waals surface area contributed by atoms with E-state index < -0.39 is 58.5 Å². The molecule has 45 heavy (non-hydrogen) atoms. The van der Waals surface area contributed by atoms with E-state index in [9.17, 15) is 27.2 Å². The summed E-state index contributed by atoms with van der Waals surface area (Å²) in [6.07, 6.45) is -2.11. The molecule has 2 saturated heterocycles. The number of halogens is 3. The Morgan fingerprint density at radius 1 is 0.978 bits per heavy atom. The summed E-state index contributed by atoms with van der Waals surface area (Å²) < 4.78 is 48.6. The molecule has 14 heteroatoms. The first-order valence-electron chi connectivity index (χ1n) is 14.2. The largest absolute Gasteiger partial charge is 0.445 e. The fourth-order valence-electron chi connectivity index (χ4n) is 5.54. The highest BCUT2D eigenvalue weighted by Gasteiger charge is 2.54. The Morgan fingerprint density at radius 3 is 2.31 bits per heavy atom. The molecule has 0 aliphatic carbocycles. The highest BCUT2D eigenvalue weighted by Crippen LogP contribution is 2.35. The number of carbonyl (C=O) groups excluding carboxylic acids is 3. The van der Waals surface area contributed by atoms with Crippen molar-refractivity contribution in [1.29, 1.82) is 0 Å². The average molecular weight is 678 g/mol. The van der Waals surface area contributed by atoms with Crippen LogP contribution >= 0.6 is 23.2 Å². The highest BCUT2D eigenvalue weighted by atomic mass is 35.5. The molecule has 3 unspecified atom stereocenters. The van der Waals surface area contributed by atoms with E-state index in [0.29, 0.717) is 11.1 Å². The van der Waals surface area contributed by atoms with Crippen molar-refractivity contribution in [2.45, 2.75) is 56.1 Å². The molecule has 2 fully saturated rings. The monoisotopic (exact) mass is 676 g/mol. The molecule has 2 aliphatic rings. The Labute approximate surface area is 270 Å². The van der Waals surface area contributed by atoms with Crippen molar-refractivity contribution in [3.05, 3.63) is 99.8 Å². The lowest BCUT2D eigenvalue weighted by Crippen LogP contribution is -2.76. The number of nitrogens with one attached hydrogen (secondary N) is 1. The van der Waals surface area contributed by atoms with Crippen LogP contribution in [0.1, 0.15) is 25.0 Å². The van der Waals surface area contributed by atoms with Gasteiger partial charge in [0.25, 0.3) is 0 Å². The molecule has 10 nitrogen and oxygen atoms in total. The van der Waals surface area contributed by atoms with E-state index in [-0.39, 0.29) is 40.6 Å². The van der Waals surface area contributed by atoms with Crippen LogP contribution in [0.25, 0.3) is 0 Å². The predicted octanol–water partition coefficient (Wildman–Crippen LogP) is 4.45. The van der Waals surface area contributed by atoms with Gasteiger partial charge in [0.1, 0.15) is 35.6 Å². The Bertz CT molecular complexity index is 1690. The summed E-state index contributed by atoms with van der Waals surface area (Å²) in [7, 11) is -4.43. The molecular formula is C31H31Cl2FN4O6S. The summed E-state index contributed by atoms with van der Waals surface area (Å²) in [6, 6.07) is 15.4. The van der Waals surface area contributed by atoms with E-state index in [2.05, 4.69) is 5.32 Å². The Morgan fingerprint density at radius 2 is 1.67 bits per heavy atom. The van der Waals surface area contributed by atoms with Gasteiger partial charge < -0.3 is 19.9 Å². The van der Waals surface area contributed by atoms with Crippen LogP contribution in [-0.4, -0.2) is 77.8 Å². The quantitative estimate of drug-likeness (QED) is 0.377. The Kier molecular flexibility index (Phi) is 9.68. The van der Waals surface area contributed by atoms with Crippen LogP contribution in [0, 0.1) is 5.82 Å². The zero-order valence-electron chi connectivity index (χ0n) is 24.4. The molecule has 2 aliphatic heterocycles. The van der Waals surface area contributed by atoms with Crippen molar-refractivity contribution in [2.24, 2.45) is 0 Å². The van der Waals surface area contributed by atoms with Gasteiger partial charge in [0, 0.05) is 24.0 Å². The fraction of sp³-hybridized carbons (Fsp3) is 0.323. The number of fused-ring (bicyclic) bond motifs is 1. The standard InChI is InChI=1S/C31H31Cl2FN4O6S/c1-19(2)36-17-28-37(45(42,43)27-13-10-22(32)15-24(27)33)16-25(35-31(41)44-18-21-6-4-3-5-7-21)29(39)38(28)26(30(36)40)14-20-8-11-23(34)12-9-20/h3-13,15,19,25-26,28H,14,16-18H2,1-2H3,(H,35,41). The lowest BCUT2D eigenvalue weighted by atomic mass is 9.96. The van der Waals surface area contributed by atoms with Crippen LogP contribution in [-0.2, 0) is 37.4 Å². The van der Waals surface area contributed by atoms with E-state index >= 15 is 0 Å². The average Bonchev–Trinajstić information content (AvgIpc) is 2.99. The van der Waals surface area contributed by atoms with Gasteiger partial charge in [0.15, 0.2) is 0 Å². The summed E-state index contributed by atoms with van der Waals surface area (Å²) in [4.78, 5) is 43.4. The fourth-order valence-corrected chi connectivity index (χ4v) is 7.87. The maximum atomic E-state index is 14.3. The summed E-state index contributed by atoms with van der Waals surface area (Å²) in [5, 5.41) is 2.60. The number of amides is 3. The van der Waals surface area contributed by atoms with Crippen LogP contribution in [0.4, 0.5) is 9.18 Å². The topological polar surface area (TPSA) is 116 Å². The molecule has 3 amide bonds. The van der Waals surface area contributed by atoms with Gasteiger partial charge in [0.2, 0.25) is 21.8 Å². The van der Waals surface area contributed by atoms with E-state index in [4.69, 9.17) is 27.9 Å². The van der Waals surface area contributed by atoms with Crippen LogP contribution in [0.2, 0.25) is 10.0 Å². The lowest BCUT2D eigenvalue weighted by molar-refractivity contribution is -0.168. The molecule has 0 saturated carbocycles. The first-order valence-corrected chi connectivity index (χ1v) is 16.4. The second kappa shape index (κ2) is 13.3. The maximum Gasteiger partial charge on any atom is 0.408 e. The number of piperazine rings is 1. The molecule has 1 N–H and O–H groups in total. The van der Waals surface area contributed by atoms with Gasteiger partial charge in [0.05, 0.1) is 11.6 Å². The minimum Gasteiger partial charge on any atom is -0.445 e. The first kappa shape index (κ1) is 32.7. The number of hydrogen-bond acceptors (Lipinski definition) is 6. The minimum absolute atomic E-state index is 0.0225. The van der Waals surface area contributed by atoms with Crippen molar-refractivity contribution in [3.8, 4) is 0 Å². The molecule has 3 atom stereocenters. The first-order chi connectivity index (χ1) is 21.4. The van der Waals surface area contributed by atoms with Crippen LogP contribution < -0.4 is 5.32 Å². The van der Waals surface area contributed by atoms with Gasteiger partial charge >= 0.3 is 6.09 Å². The highest BCUT2D eigenvalue weighted by molar-refractivity contribution is 7.89. The van der Waals surface area contributed by atoms with Gasteiger partial charge in [-0.1, -0.05) is 65.7 Å². The van der Waals surface area contributed by atoms with Crippen LogP contribution in [0.5, 0.6) is 0 Å². The second-order valence-electron chi connectivity index (χ2n) is 11.1. The van der Waals surface area contributed by atoms with Gasteiger partial charge in [-0.25, -0.2) is 17.6 Å². The van der Waals surface area contributed by atoms with Gasteiger partial charge in [-0.2, -0.15) is 4.31 Å². The van der Waals surface area contributed by atoms with Crippen LogP contribution in [0.3, 0.4) is 0 Å². The molecule has 0 aromatic heterocycles. The van der Waals surface area contributed by atoms with E-state index in [1.54, 1.807) is 38.1 Å². The number of sulfonamides is 1. The zero-order chi connectivity index (χ0) is 32.5. The summed E-state index contributed by atoms with van der Waals surface area (Å²) in [5.41, 5.74) is 1.26. The van der Waals surface area contributed by atoms with E-state index in [1.807, 2.05) is 6.07 Å². The molecule has 0 bridgehead atoms. The number of benzene rings is 3. The number of alkyl carbamates (subject to hydrolysis) is 1. The molecule has 2 heterocycles. The normalized spacial score (nSPS) is 20.7. The minimum atomic E-state index is -4.43. The molecule has 3 aromatic carbocycles. The Balaban J connectivity index is 1.54. The third-order valence-electron chi connectivity index (χ3n) is 7.78. The van der Waals surface area contributed by atoms with Crippen molar-refractivity contribution in [1.82, 2.24) is 19.4 Å². The predicted molar refractivity (Wildman–Crippen MR) is 165 cm³/mol. The number of ether oxygens (including phenoxy) is 1. The smallest absolute Gasteiger partial charge is 0.408 e. The summed E-state index contributed by atoms with van der Waals surface area (Å²) in [6.45, 7) is 2.91. The summed E-state index contributed by atoms with van der Waals surface area (Å²) in [5.74, 6) is -1.54. The third-order valence-corrected chi connectivity index (χ3v) is 10.4. The van der Waals surface area contributed by atoms with Crippen molar-refractivity contribution < 1.29 is 31.9 Å².